The average Bonchev–Trinajstić information content (AvgIpc) is 3.34. The van der Waals surface area contributed by atoms with Crippen molar-refractivity contribution in [1.29, 1.82) is 0 Å². The number of furan rings is 2. The van der Waals surface area contributed by atoms with E-state index in [1.807, 2.05) is 0 Å². The van der Waals surface area contributed by atoms with E-state index in [-0.39, 0.29) is 18.3 Å². The lowest BCUT2D eigenvalue weighted by Gasteiger charge is -2.18. The van der Waals surface area contributed by atoms with Crippen molar-refractivity contribution < 1.29 is 22.9 Å². The van der Waals surface area contributed by atoms with E-state index in [0.29, 0.717) is 11.5 Å². The summed E-state index contributed by atoms with van der Waals surface area (Å²) >= 11 is 0. The maximum Gasteiger partial charge on any atom is 0.325 e. The van der Waals surface area contributed by atoms with Crippen LogP contribution in [0, 0.1) is 0 Å². The van der Waals surface area contributed by atoms with Crippen LogP contribution in [0.3, 0.4) is 0 Å². The van der Waals surface area contributed by atoms with Crippen molar-refractivity contribution in [2.75, 3.05) is 0 Å². The third-order valence-corrected chi connectivity index (χ3v) is 3.79. The van der Waals surface area contributed by atoms with Gasteiger partial charge < -0.3 is 18.7 Å². The molecule has 0 spiro atoms. The Labute approximate surface area is 135 Å². The molecule has 3 aromatic rings. The Balaban J connectivity index is 1.57. The zero-order valence-corrected chi connectivity index (χ0v) is 12.6. The molecule has 4 rings (SSSR count). The summed E-state index contributed by atoms with van der Waals surface area (Å²) in [6, 6.07) is 6.08. The van der Waals surface area contributed by atoms with Crippen LogP contribution in [-0.2, 0) is 16.9 Å². The third kappa shape index (κ3) is 2.09. The van der Waals surface area contributed by atoms with Gasteiger partial charge in [-0.25, -0.2) is 4.79 Å². The molecule has 1 atom stereocenters. The number of aromatic nitrogens is 2. The zero-order valence-electron chi connectivity index (χ0n) is 12.6. The van der Waals surface area contributed by atoms with Crippen molar-refractivity contribution in [3.05, 3.63) is 48.4 Å². The van der Waals surface area contributed by atoms with Crippen molar-refractivity contribution >= 4 is 11.9 Å². The van der Waals surface area contributed by atoms with E-state index in [9.17, 15) is 9.59 Å². The number of amides is 3. The van der Waals surface area contributed by atoms with E-state index in [2.05, 4.69) is 15.5 Å². The first-order valence-corrected chi connectivity index (χ1v) is 7.12. The van der Waals surface area contributed by atoms with Gasteiger partial charge >= 0.3 is 6.03 Å². The fraction of sp³-hybridized carbons (Fsp3) is 0.200. The molecule has 4 heterocycles. The third-order valence-electron chi connectivity index (χ3n) is 3.79. The molecule has 122 valence electrons. The summed E-state index contributed by atoms with van der Waals surface area (Å²) < 4.78 is 15.5. The first-order chi connectivity index (χ1) is 11.6. The molecule has 1 unspecified atom stereocenters. The van der Waals surface area contributed by atoms with Crippen LogP contribution in [0.5, 0.6) is 0 Å². The van der Waals surface area contributed by atoms with Crippen molar-refractivity contribution in [2.45, 2.75) is 19.0 Å². The number of imide groups is 1. The predicted octanol–water partition coefficient (Wildman–Crippen LogP) is 1.89. The van der Waals surface area contributed by atoms with Crippen LogP contribution in [0.2, 0.25) is 0 Å². The van der Waals surface area contributed by atoms with Gasteiger partial charge in [0.1, 0.15) is 5.76 Å². The maximum atomic E-state index is 12.7. The molecule has 1 N–H and O–H groups in total. The van der Waals surface area contributed by atoms with E-state index >= 15 is 0 Å². The summed E-state index contributed by atoms with van der Waals surface area (Å²) in [5.74, 6) is 0.676. The molecule has 1 aliphatic heterocycles. The first kappa shape index (κ1) is 14.2. The van der Waals surface area contributed by atoms with Gasteiger partial charge in [-0.3, -0.25) is 9.69 Å². The first-order valence-electron chi connectivity index (χ1n) is 7.12. The molecular weight excluding hydrogens is 316 g/mol. The Hall–Kier alpha value is -3.36. The van der Waals surface area contributed by atoms with Gasteiger partial charge in [-0.05, 0) is 31.2 Å². The lowest BCUT2D eigenvalue weighted by Crippen LogP contribution is -2.40. The van der Waals surface area contributed by atoms with Crippen molar-refractivity contribution in [3.8, 4) is 11.7 Å². The van der Waals surface area contributed by atoms with E-state index in [4.69, 9.17) is 13.4 Å². The molecule has 1 aliphatic rings. The summed E-state index contributed by atoms with van der Waals surface area (Å²) in [7, 11) is 0. The number of rotatable bonds is 4. The highest BCUT2D eigenvalue weighted by Crippen LogP contribution is 2.30. The summed E-state index contributed by atoms with van der Waals surface area (Å²) in [6.07, 6.45) is 2.92. The monoisotopic (exact) mass is 328 g/mol. The Morgan fingerprint density at radius 2 is 2.00 bits per heavy atom. The van der Waals surface area contributed by atoms with Gasteiger partial charge in [0, 0.05) is 0 Å². The zero-order chi connectivity index (χ0) is 16.7. The highest BCUT2D eigenvalue weighted by molar-refractivity contribution is 6.06. The van der Waals surface area contributed by atoms with Gasteiger partial charge in [-0.15, -0.1) is 0 Å². The van der Waals surface area contributed by atoms with Crippen LogP contribution in [0.1, 0.15) is 18.5 Å². The molecule has 9 heteroatoms. The number of nitrogens with one attached hydrogen (secondary N) is 1. The smallest absolute Gasteiger partial charge is 0.325 e. The van der Waals surface area contributed by atoms with Crippen LogP contribution < -0.4 is 5.32 Å². The minimum absolute atomic E-state index is 0.120. The maximum absolute atomic E-state index is 12.7. The second-order valence-corrected chi connectivity index (χ2v) is 5.42. The van der Waals surface area contributed by atoms with Gasteiger partial charge in [0.05, 0.1) is 19.1 Å². The van der Waals surface area contributed by atoms with Crippen LogP contribution in [-0.4, -0.2) is 27.0 Å². The molecule has 3 aromatic heterocycles. The SMILES string of the molecule is CC1(c2ccco2)NC(=O)N(Cc2noc(-c3ccco3)n2)C1=O. The number of hydrogen-bond donors (Lipinski definition) is 1. The molecule has 3 amide bonds. The Bertz CT molecular complexity index is 883. The van der Waals surface area contributed by atoms with Crippen LogP contribution in [0.25, 0.3) is 11.7 Å². The second-order valence-electron chi connectivity index (χ2n) is 5.42. The standard InChI is InChI=1S/C15H12N4O5/c1-15(10-5-3-7-23-10)13(20)19(14(21)17-15)8-11-16-12(24-18-11)9-4-2-6-22-9/h2-7H,8H2,1H3,(H,17,21). The number of carbonyl (C=O) groups is 2. The van der Waals surface area contributed by atoms with Gasteiger partial charge in [0.25, 0.3) is 11.8 Å². The average molecular weight is 328 g/mol. The van der Waals surface area contributed by atoms with Crippen molar-refractivity contribution in [1.82, 2.24) is 20.4 Å². The van der Waals surface area contributed by atoms with E-state index < -0.39 is 17.5 Å². The molecule has 9 nitrogen and oxygen atoms in total. The van der Waals surface area contributed by atoms with Gasteiger partial charge in [-0.2, -0.15) is 4.98 Å². The summed E-state index contributed by atoms with van der Waals surface area (Å²) in [5.41, 5.74) is -1.26. The molecule has 0 aromatic carbocycles. The minimum atomic E-state index is -1.26. The highest BCUT2D eigenvalue weighted by atomic mass is 16.5. The predicted molar refractivity (Wildman–Crippen MR) is 77.1 cm³/mol. The van der Waals surface area contributed by atoms with Gasteiger partial charge in [0.15, 0.2) is 17.1 Å². The van der Waals surface area contributed by atoms with E-state index in [1.54, 1.807) is 31.2 Å². The van der Waals surface area contributed by atoms with Crippen LogP contribution in [0.15, 0.2) is 50.1 Å². The van der Waals surface area contributed by atoms with Gasteiger partial charge in [0.2, 0.25) is 0 Å². The summed E-state index contributed by atoms with van der Waals surface area (Å²) in [6.45, 7) is 1.46. The van der Waals surface area contributed by atoms with E-state index in [0.717, 1.165) is 4.90 Å². The molecule has 0 aliphatic carbocycles. The van der Waals surface area contributed by atoms with Crippen LogP contribution in [0.4, 0.5) is 4.79 Å². The number of carbonyl (C=O) groups excluding carboxylic acids is 2. The lowest BCUT2D eigenvalue weighted by molar-refractivity contribution is -0.132. The Morgan fingerprint density at radius 1 is 1.21 bits per heavy atom. The van der Waals surface area contributed by atoms with Crippen molar-refractivity contribution in [2.24, 2.45) is 0 Å². The second kappa shape index (κ2) is 5.08. The number of hydrogen-bond acceptors (Lipinski definition) is 7. The normalized spacial score (nSPS) is 20.6. The number of urea groups is 1. The topological polar surface area (TPSA) is 115 Å². The molecule has 24 heavy (non-hydrogen) atoms. The molecular formula is C15H12N4O5. The van der Waals surface area contributed by atoms with Gasteiger partial charge in [-0.1, -0.05) is 5.16 Å². The van der Waals surface area contributed by atoms with E-state index in [1.165, 1.54) is 12.5 Å². The van der Waals surface area contributed by atoms with Crippen molar-refractivity contribution in [3.63, 3.8) is 0 Å². The molecule has 1 fully saturated rings. The molecule has 0 saturated carbocycles. The molecule has 0 radical (unpaired) electrons. The summed E-state index contributed by atoms with van der Waals surface area (Å²) in [4.78, 5) is 30.0. The fourth-order valence-corrected chi connectivity index (χ4v) is 2.53. The minimum Gasteiger partial charge on any atom is -0.466 e. The fourth-order valence-electron chi connectivity index (χ4n) is 2.53. The largest absolute Gasteiger partial charge is 0.466 e. The summed E-state index contributed by atoms with van der Waals surface area (Å²) in [5, 5.41) is 6.40. The highest BCUT2D eigenvalue weighted by Gasteiger charge is 2.51. The molecule has 1 saturated heterocycles. The van der Waals surface area contributed by atoms with Crippen LogP contribution >= 0.6 is 0 Å². The lowest BCUT2D eigenvalue weighted by atomic mass is 9.99. The number of nitrogens with zero attached hydrogens (tertiary/aromatic N) is 3. The molecule has 0 bridgehead atoms. The Morgan fingerprint density at radius 3 is 2.71 bits per heavy atom. The Kier molecular flexibility index (Phi) is 3.02. The quantitative estimate of drug-likeness (QED) is 0.727.